The molecule has 0 saturated carbocycles. The van der Waals surface area contributed by atoms with Crippen LogP contribution in [-0.4, -0.2) is 49.0 Å². The Kier molecular flexibility index (Phi) is 5.93. The molecular weight excluding hydrogens is 390 g/mol. The molecule has 2 aromatic rings. The molecule has 0 aromatic heterocycles. The third-order valence-corrected chi connectivity index (χ3v) is 5.97. The van der Waals surface area contributed by atoms with E-state index in [1.165, 1.54) is 17.7 Å². The van der Waals surface area contributed by atoms with Gasteiger partial charge in [-0.25, -0.2) is 9.79 Å². The molecule has 2 aliphatic heterocycles. The van der Waals surface area contributed by atoms with Crippen molar-refractivity contribution in [1.82, 2.24) is 4.90 Å². The minimum atomic E-state index is -1.07. The number of fused-ring (bicyclic) bond motifs is 1. The van der Waals surface area contributed by atoms with Crippen LogP contribution in [0.25, 0.3) is 0 Å². The van der Waals surface area contributed by atoms with Crippen LogP contribution >= 0.6 is 0 Å². The van der Waals surface area contributed by atoms with Crippen molar-refractivity contribution in [1.29, 1.82) is 0 Å². The predicted octanol–water partition coefficient (Wildman–Crippen LogP) is 3.51. The minimum Gasteiger partial charge on any atom is -0.356 e. The Hall–Kier alpha value is -3.35. The number of nitrogens with zero attached hydrogens (tertiary/aromatic N) is 4. The first-order chi connectivity index (χ1) is 15.0. The van der Waals surface area contributed by atoms with Crippen LogP contribution in [0, 0.1) is 6.92 Å². The normalized spacial score (nSPS) is 19.2. The van der Waals surface area contributed by atoms with Crippen molar-refractivity contribution in [3.8, 4) is 0 Å². The lowest BCUT2D eigenvalue weighted by Gasteiger charge is -2.29. The lowest BCUT2D eigenvalue weighted by molar-refractivity contribution is -0.119. The summed E-state index contributed by atoms with van der Waals surface area (Å²) in [7, 11) is 1.73. The van der Waals surface area contributed by atoms with Gasteiger partial charge in [-0.2, -0.15) is 0 Å². The van der Waals surface area contributed by atoms with Crippen LogP contribution in [0.5, 0.6) is 0 Å². The van der Waals surface area contributed by atoms with Crippen molar-refractivity contribution >= 4 is 29.1 Å². The van der Waals surface area contributed by atoms with E-state index in [0.717, 1.165) is 48.6 Å². The highest BCUT2D eigenvalue weighted by Crippen LogP contribution is 2.30. The van der Waals surface area contributed by atoms with E-state index in [0.29, 0.717) is 5.69 Å². The summed E-state index contributed by atoms with van der Waals surface area (Å²) in [4.78, 5) is 36.2. The number of rotatable bonds is 2. The van der Waals surface area contributed by atoms with Crippen LogP contribution in [0.2, 0.25) is 0 Å². The zero-order valence-corrected chi connectivity index (χ0v) is 18.1. The van der Waals surface area contributed by atoms with Crippen molar-refractivity contribution in [3.63, 3.8) is 0 Å². The minimum absolute atomic E-state index is 0.294. The number of amidine groups is 1. The number of hydrogen-bond acceptors (Lipinski definition) is 4. The summed E-state index contributed by atoms with van der Waals surface area (Å²) in [5.41, 5.74) is 9.01. The molecule has 7 nitrogen and oxygen atoms in total. The zero-order chi connectivity index (χ0) is 22.0. The van der Waals surface area contributed by atoms with Gasteiger partial charge in [0.1, 0.15) is 5.84 Å². The van der Waals surface area contributed by atoms with E-state index in [1.54, 1.807) is 18.0 Å². The Labute approximate surface area is 183 Å². The van der Waals surface area contributed by atoms with Crippen LogP contribution in [0.4, 0.5) is 16.2 Å². The van der Waals surface area contributed by atoms with E-state index in [-0.39, 0.29) is 5.91 Å². The number of nitrogens with two attached hydrogens (primary N) is 1. The second kappa shape index (κ2) is 8.79. The average molecular weight is 420 g/mol. The predicted molar refractivity (Wildman–Crippen MR) is 123 cm³/mol. The maximum atomic E-state index is 13.6. The highest BCUT2D eigenvalue weighted by atomic mass is 16.2. The number of carbonyl (C=O) groups is 2. The number of para-hydroxylation sites is 1. The average Bonchev–Trinajstić information content (AvgIpc) is 3.09. The third-order valence-electron chi connectivity index (χ3n) is 5.97. The Balaban J connectivity index is 1.87. The van der Waals surface area contributed by atoms with Crippen LogP contribution in [0.15, 0.2) is 53.5 Å². The number of amides is 3. The van der Waals surface area contributed by atoms with E-state index in [9.17, 15) is 9.59 Å². The van der Waals surface area contributed by atoms with Gasteiger partial charge in [0.15, 0.2) is 0 Å². The summed E-state index contributed by atoms with van der Waals surface area (Å²) in [5, 5.41) is 0. The SMILES string of the molecule is Cc1cccc(N(C(N)=O)C2N=C(N3CCCCCC3)c3ccccc3N(C)C2=O)c1. The molecule has 4 rings (SSSR count). The highest BCUT2D eigenvalue weighted by molar-refractivity contribution is 6.14. The van der Waals surface area contributed by atoms with E-state index in [2.05, 4.69) is 4.90 Å². The van der Waals surface area contributed by atoms with Crippen molar-refractivity contribution in [2.24, 2.45) is 10.7 Å². The van der Waals surface area contributed by atoms with Gasteiger partial charge in [-0.1, -0.05) is 37.1 Å². The van der Waals surface area contributed by atoms with Gasteiger partial charge in [0, 0.05) is 31.4 Å². The second-order valence-electron chi connectivity index (χ2n) is 8.19. The van der Waals surface area contributed by atoms with Gasteiger partial charge in [0.05, 0.1) is 5.69 Å². The number of aryl methyl sites for hydroxylation is 1. The van der Waals surface area contributed by atoms with Gasteiger partial charge >= 0.3 is 6.03 Å². The number of anilines is 2. The summed E-state index contributed by atoms with van der Waals surface area (Å²) >= 11 is 0. The Morgan fingerprint density at radius 1 is 1.06 bits per heavy atom. The van der Waals surface area contributed by atoms with E-state index < -0.39 is 12.2 Å². The fourth-order valence-corrected chi connectivity index (χ4v) is 4.36. The Bertz CT molecular complexity index is 1010. The number of likely N-dealkylation sites (tertiary alicyclic amines) is 1. The molecule has 7 heteroatoms. The molecule has 1 atom stereocenters. The number of benzene rings is 2. The maximum absolute atomic E-state index is 13.6. The number of urea groups is 1. The molecule has 31 heavy (non-hydrogen) atoms. The molecule has 3 amide bonds. The largest absolute Gasteiger partial charge is 0.356 e. The first-order valence-electron chi connectivity index (χ1n) is 10.8. The second-order valence-corrected chi connectivity index (χ2v) is 8.19. The molecule has 1 saturated heterocycles. The number of benzodiazepines with no additional fused rings is 1. The van der Waals surface area contributed by atoms with Crippen LogP contribution in [0.1, 0.15) is 36.8 Å². The molecule has 2 heterocycles. The molecule has 162 valence electrons. The van der Waals surface area contributed by atoms with Crippen LogP contribution in [0.3, 0.4) is 0 Å². The fraction of sp³-hybridized carbons (Fsp3) is 0.375. The van der Waals surface area contributed by atoms with Gasteiger partial charge in [-0.15, -0.1) is 0 Å². The number of carbonyl (C=O) groups excluding carboxylic acids is 2. The molecule has 0 bridgehead atoms. The van der Waals surface area contributed by atoms with E-state index >= 15 is 0 Å². The summed E-state index contributed by atoms with van der Waals surface area (Å²) in [6, 6.07) is 14.5. The molecule has 2 N–H and O–H groups in total. The molecule has 1 unspecified atom stereocenters. The monoisotopic (exact) mass is 419 g/mol. The molecule has 1 fully saturated rings. The third kappa shape index (κ3) is 4.13. The topological polar surface area (TPSA) is 82.2 Å². The van der Waals surface area contributed by atoms with E-state index in [1.807, 2.05) is 49.4 Å². The number of aliphatic imine (C=N–C) groups is 1. The van der Waals surface area contributed by atoms with E-state index in [4.69, 9.17) is 10.7 Å². The Morgan fingerprint density at radius 2 is 1.77 bits per heavy atom. The highest BCUT2D eigenvalue weighted by Gasteiger charge is 2.37. The van der Waals surface area contributed by atoms with Gasteiger partial charge in [-0.3, -0.25) is 9.69 Å². The molecule has 2 aliphatic rings. The number of likely N-dealkylation sites (N-methyl/N-ethyl adjacent to an activating group) is 1. The number of primary amides is 1. The Morgan fingerprint density at radius 3 is 2.45 bits per heavy atom. The molecule has 0 radical (unpaired) electrons. The number of hydrogen-bond donors (Lipinski definition) is 1. The van der Waals surface area contributed by atoms with Crippen molar-refractivity contribution in [2.45, 2.75) is 38.8 Å². The zero-order valence-electron chi connectivity index (χ0n) is 18.1. The molecule has 2 aromatic carbocycles. The van der Waals surface area contributed by atoms with Gasteiger partial charge in [-0.05, 0) is 49.6 Å². The first kappa shape index (κ1) is 20.9. The fourth-order valence-electron chi connectivity index (χ4n) is 4.36. The smallest absolute Gasteiger partial charge is 0.321 e. The van der Waals surface area contributed by atoms with Gasteiger partial charge < -0.3 is 15.5 Å². The summed E-state index contributed by atoms with van der Waals surface area (Å²) in [6.45, 7) is 3.68. The lowest BCUT2D eigenvalue weighted by atomic mass is 10.1. The summed E-state index contributed by atoms with van der Waals surface area (Å²) in [6.07, 6.45) is 3.45. The van der Waals surface area contributed by atoms with Gasteiger partial charge in [0.2, 0.25) is 6.17 Å². The molecular formula is C24H29N5O2. The first-order valence-corrected chi connectivity index (χ1v) is 10.8. The van der Waals surface area contributed by atoms with Crippen LogP contribution in [-0.2, 0) is 4.79 Å². The van der Waals surface area contributed by atoms with Crippen molar-refractivity contribution in [3.05, 3.63) is 59.7 Å². The van der Waals surface area contributed by atoms with Crippen molar-refractivity contribution in [2.75, 3.05) is 29.9 Å². The van der Waals surface area contributed by atoms with Crippen molar-refractivity contribution < 1.29 is 9.59 Å². The lowest BCUT2D eigenvalue weighted by Crippen LogP contribution is -2.51. The molecule has 0 aliphatic carbocycles. The summed E-state index contributed by atoms with van der Waals surface area (Å²) < 4.78 is 0. The summed E-state index contributed by atoms with van der Waals surface area (Å²) in [5.74, 6) is 0.455. The maximum Gasteiger partial charge on any atom is 0.321 e. The quantitative estimate of drug-likeness (QED) is 0.809. The molecule has 0 spiro atoms. The van der Waals surface area contributed by atoms with Crippen LogP contribution < -0.4 is 15.5 Å². The van der Waals surface area contributed by atoms with Gasteiger partial charge in [0.25, 0.3) is 5.91 Å². The standard InChI is InChI=1S/C24H29N5O2/c1-17-10-9-11-18(16-17)29(24(25)31)22-23(30)27(2)20-13-6-5-12-19(20)21(26-22)28-14-7-3-4-8-15-28/h5-6,9-13,16,22H,3-4,7-8,14-15H2,1-2H3,(H2,25,31).